The largest absolute Gasteiger partial charge is 0.320 e. The van der Waals surface area contributed by atoms with E-state index in [4.69, 9.17) is 11.0 Å². The molecular formula is C12H10N2S. The first kappa shape index (κ1) is 9.91. The summed E-state index contributed by atoms with van der Waals surface area (Å²) in [5, 5.41) is 12.8. The van der Waals surface area contributed by atoms with Crippen LogP contribution in [0.15, 0.2) is 41.1 Å². The van der Waals surface area contributed by atoms with Crippen LogP contribution in [0.25, 0.3) is 0 Å². The Morgan fingerprint density at radius 1 is 1.27 bits per heavy atom. The van der Waals surface area contributed by atoms with Crippen LogP contribution < -0.4 is 5.73 Å². The Morgan fingerprint density at radius 3 is 2.80 bits per heavy atom. The van der Waals surface area contributed by atoms with Gasteiger partial charge in [0.1, 0.15) is 0 Å². The normalized spacial score (nSPS) is 12.0. The van der Waals surface area contributed by atoms with E-state index in [0.29, 0.717) is 5.56 Å². The molecule has 2 aromatic rings. The van der Waals surface area contributed by atoms with Crippen molar-refractivity contribution in [2.24, 2.45) is 5.73 Å². The van der Waals surface area contributed by atoms with Gasteiger partial charge in [0.2, 0.25) is 0 Å². The first-order chi connectivity index (χ1) is 7.31. The smallest absolute Gasteiger partial charge is 0.0991 e. The maximum Gasteiger partial charge on any atom is 0.0991 e. The number of thiophene rings is 1. The van der Waals surface area contributed by atoms with Gasteiger partial charge in [-0.3, -0.25) is 0 Å². The molecule has 1 heterocycles. The summed E-state index contributed by atoms with van der Waals surface area (Å²) < 4.78 is 0. The van der Waals surface area contributed by atoms with Crippen molar-refractivity contribution >= 4 is 11.3 Å². The molecule has 2 rings (SSSR count). The summed E-state index contributed by atoms with van der Waals surface area (Å²) in [7, 11) is 0. The van der Waals surface area contributed by atoms with Crippen LogP contribution in [0.4, 0.5) is 0 Å². The van der Waals surface area contributed by atoms with Gasteiger partial charge in [0.15, 0.2) is 0 Å². The van der Waals surface area contributed by atoms with Gasteiger partial charge in [-0.1, -0.05) is 12.1 Å². The first-order valence-electron chi connectivity index (χ1n) is 4.59. The second kappa shape index (κ2) is 4.26. The molecule has 0 aliphatic rings. The summed E-state index contributed by atoms with van der Waals surface area (Å²) >= 11 is 1.63. The van der Waals surface area contributed by atoms with Crippen LogP contribution in [-0.4, -0.2) is 0 Å². The van der Waals surface area contributed by atoms with E-state index < -0.39 is 0 Å². The molecule has 0 radical (unpaired) electrons. The number of nitriles is 1. The van der Waals surface area contributed by atoms with Crippen molar-refractivity contribution in [3.8, 4) is 6.07 Å². The third kappa shape index (κ3) is 2.07. The lowest BCUT2D eigenvalue weighted by atomic mass is 10.0. The van der Waals surface area contributed by atoms with Crippen LogP contribution in [0.3, 0.4) is 0 Å². The van der Waals surface area contributed by atoms with E-state index in [1.807, 2.05) is 35.0 Å². The molecule has 0 saturated heterocycles. The Balaban J connectivity index is 2.34. The van der Waals surface area contributed by atoms with Crippen molar-refractivity contribution < 1.29 is 0 Å². The van der Waals surface area contributed by atoms with Gasteiger partial charge in [-0.15, -0.1) is 0 Å². The van der Waals surface area contributed by atoms with Gasteiger partial charge < -0.3 is 5.73 Å². The van der Waals surface area contributed by atoms with Gasteiger partial charge in [-0.05, 0) is 40.1 Å². The first-order valence-corrected chi connectivity index (χ1v) is 5.53. The van der Waals surface area contributed by atoms with E-state index in [1.54, 1.807) is 17.4 Å². The van der Waals surface area contributed by atoms with Crippen molar-refractivity contribution in [2.75, 3.05) is 0 Å². The zero-order valence-electron chi connectivity index (χ0n) is 8.05. The number of nitrogens with two attached hydrogens (primary N) is 1. The highest BCUT2D eigenvalue weighted by Gasteiger charge is 2.09. The Bertz CT molecular complexity index is 483. The third-order valence-corrected chi connectivity index (χ3v) is 2.98. The number of benzene rings is 1. The van der Waals surface area contributed by atoms with Crippen LogP contribution in [0.1, 0.15) is 22.7 Å². The molecule has 2 nitrogen and oxygen atoms in total. The molecule has 1 aromatic heterocycles. The average Bonchev–Trinajstić information content (AvgIpc) is 2.81. The SMILES string of the molecule is N#Cc1cccc([C@@H](N)c2ccsc2)c1. The van der Waals surface area contributed by atoms with Crippen LogP contribution in [-0.2, 0) is 0 Å². The minimum absolute atomic E-state index is 0.135. The van der Waals surface area contributed by atoms with E-state index in [0.717, 1.165) is 11.1 Å². The van der Waals surface area contributed by atoms with Crippen molar-refractivity contribution in [3.63, 3.8) is 0 Å². The molecule has 1 aromatic carbocycles. The molecule has 3 heteroatoms. The fourth-order valence-electron chi connectivity index (χ4n) is 1.45. The Morgan fingerprint density at radius 2 is 2.13 bits per heavy atom. The average molecular weight is 214 g/mol. The van der Waals surface area contributed by atoms with Crippen molar-refractivity contribution in [2.45, 2.75) is 6.04 Å². The number of rotatable bonds is 2. The van der Waals surface area contributed by atoms with Gasteiger partial charge in [-0.2, -0.15) is 16.6 Å². The number of nitrogens with zero attached hydrogens (tertiary/aromatic N) is 1. The number of hydrogen-bond acceptors (Lipinski definition) is 3. The van der Waals surface area contributed by atoms with E-state index >= 15 is 0 Å². The molecule has 0 bridgehead atoms. The van der Waals surface area contributed by atoms with Gasteiger partial charge in [0.25, 0.3) is 0 Å². The molecule has 15 heavy (non-hydrogen) atoms. The molecule has 0 spiro atoms. The summed E-state index contributed by atoms with van der Waals surface area (Å²) in [6, 6.07) is 11.4. The standard InChI is InChI=1S/C12H10N2S/c13-7-9-2-1-3-10(6-9)12(14)11-4-5-15-8-11/h1-6,8,12H,14H2/t12-/m1/s1. The van der Waals surface area contributed by atoms with Crippen LogP contribution in [0.2, 0.25) is 0 Å². The van der Waals surface area contributed by atoms with E-state index in [9.17, 15) is 0 Å². The van der Waals surface area contributed by atoms with Gasteiger partial charge >= 0.3 is 0 Å². The highest BCUT2D eigenvalue weighted by atomic mass is 32.1. The highest BCUT2D eigenvalue weighted by Crippen LogP contribution is 2.22. The molecular weight excluding hydrogens is 204 g/mol. The molecule has 0 fully saturated rings. The summed E-state index contributed by atoms with van der Waals surface area (Å²) in [5.74, 6) is 0. The fraction of sp³-hybridized carbons (Fsp3) is 0.0833. The summed E-state index contributed by atoms with van der Waals surface area (Å²) in [6.07, 6.45) is 0. The fourth-order valence-corrected chi connectivity index (χ4v) is 2.14. The zero-order valence-corrected chi connectivity index (χ0v) is 8.87. The minimum Gasteiger partial charge on any atom is -0.320 e. The van der Waals surface area contributed by atoms with E-state index in [-0.39, 0.29) is 6.04 Å². The molecule has 74 valence electrons. The Hall–Kier alpha value is -1.63. The monoisotopic (exact) mass is 214 g/mol. The summed E-state index contributed by atoms with van der Waals surface area (Å²) in [4.78, 5) is 0. The second-order valence-electron chi connectivity index (χ2n) is 3.27. The molecule has 0 saturated carbocycles. The Kier molecular flexibility index (Phi) is 2.82. The van der Waals surface area contributed by atoms with Crippen molar-refractivity contribution in [3.05, 3.63) is 57.8 Å². The van der Waals surface area contributed by atoms with E-state index in [1.165, 1.54) is 0 Å². The maximum atomic E-state index is 8.79. The zero-order chi connectivity index (χ0) is 10.7. The van der Waals surface area contributed by atoms with Crippen LogP contribution >= 0.6 is 11.3 Å². The molecule has 0 aliphatic carbocycles. The molecule has 2 N–H and O–H groups in total. The molecule has 0 amide bonds. The molecule has 0 aliphatic heterocycles. The van der Waals surface area contributed by atoms with Crippen molar-refractivity contribution in [1.29, 1.82) is 5.26 Å². The summed E-state index contributed by atoms with van der Waals surface area (Å²) in [5.41, 5.74) is 8.80. The van der Waals surface area contributed by atoms with Crippen LogP contribution in [0, 0.1) is 11.3 Å². The molecule has 1 atom stereocenters. The lowest BCUT2D eigenvalue weighted by Crippen LogP contribution is -2.10. The quantitative estimate of drug-likeness (QED) is 0.835. The maximum absolute atomic E-state index is 8.79. The number of hydrogen-bond donors (Lipinski definition) is 1. The van der Waals surface area contributed by atoms with Gasteiger partial charge in [-0.25, -0.2) is 0 Å². The third-order valence-electron chi connectivity index (χ3n) is 2.28. The second-order valence-corrected chi connectivity index (χ2v) is 4.05. The van der Waals surface area contributed by atoms with Gasteiger partial charge in [0, 0.05) is 0 Å². The topological polar surface area (TPSA) is 49.8 Å². The predicted molar refractivity (Wildman–Crippen MR) is 61.5 cm³/mol. The Labute approximate surface area is 92.6 Å². The van der Waals surface area contributed by atoms with Crippen LogP contribution in [0.5, 0.6) is 0 Å². The lowest BCUT2D eigenvalue weighted by molar-refractivity contribution is 0.876. The van der Waals surface area contributed by atoms with E-state index in [2.05, 4.69) is 6.07 Å². The predicted octanol–water partition coefficient (Wildman–Crippen LogP) is 2.67. The minimum atomic E-state index is -0.135. The van der Waals surface area contributed by atoms with Crippen molar-refractivity contribution in [1.82, 2.24) is 0 Å². The summed E-state index contributed by atoms with van der Waals surface area (Å²) in [6.45, 7) is 0. The highest BCUT2D eigenvalue weighted by molar-refractivity contribution is 7.08. The van der Waals surface area contributed by atoms with Gasteiger partial charge in [0.05, 0.1) is 17.7 Å². The molecule has 0 unspecified atom stereocenters. The lowest BCUT2D eigenvalue weighted by Gasteiger charge is -2.10.